The van der Waals surface area contributed by atoms with Crippen LogP contribution in [-0.4, -0.2) is 239 Å². The molecular formula is C51H86O23. The molecule has 23 nitrogen and oxygen atoms in total. The van der Waals surface area contributed by atoms with E-state index in [1.165, 1.54) is 6.92 Å². The first-order chi connectivity index (χ1) is 35.0. The highest BCUT2D eigenvalue weighted by molar-refractivity contribution is 5.15. The van der Waals surface area contributed by atoms with Gasteiger partial charge in [-0.2, -0.15) is 0 Å². The second kappa shape index (κ2) is 22.6. The molecule has 0 amide bonds. The van der Waals surface area contributed by atoms with E-state index in [1.54, 1.807) is 0 Å². The fourth-order valence-corrected chi connectivity index (χ4v) is 15.6. The fraction of sp³-hybridized carbons (Fsp3) is 1.00. The lowest BCUT2D eigenvalue weighted by Crippen LogP contribution is -2.67. The zero-order chi connectivity index (χ0) is 53.5. The van der Waals surface area contributed by atoms with Gasteiger partial charge in [0.15, 0.2) is 30.9 Å². The Morgan fingerprint density at radius 1 is 0.554 bits per heavy atom. The molecule has 74 heavy (non-hydrogen) atoms. The molecule has 14 N–H and O–H groups in total. The number of rotatable bonds is 15. The van der Waals surface area contributed by atoms with Crippen molar-refractivity contribution >= 4 is 0 Å². The zero-order valence-corrected chi connectivity index (χ0v) is 43.1. The maximum atomic E-state index is 12.1. The van der Waals surface area contributed by atoms with Gasteiger partial charge in [0, 0.05) is 12.3 Å². The third kappa shape index (κ3) is 10.3. The van der Waals surface area contributed by atoms with Crippen LogP contribution in [0.4, 0.5) is 0 Å². The van der Waals surface area contributed by atoms with Gasteiger partial charge in [-0.25, -0.2) is 0 Å². The van der Waals surface area contributed by atoms with Crippen LogP contribution in [0, 0.1) is 52.3 Å². The molecule has 428 valence electrons. The van der Waals surface area contributed by atoms with Gasteiger partial charge in [-0.05, 0) is 111 Å². The summed E-state index contributed by atoms with van der Waals surface area (Å²) in [5.74, 6) is 0.146. The number of hydrogen-bond donors (Lipinski definition) is 14. The number of fused-ring (bicyclic) bond motifs is 7. The van der Waals surface area contributed by atoms with Gasteiger partial charge in [0.1, 0.15) is 91.6 Å². The van der Waals surface area contributed by atoms with E-state index < -0.39 is 155 Å². The Kier molecular flexibility index (Phi) is 17.6. The van der Waals surface area contributed by atoms with E-state index in [0.717, 1.165) is 38.5 Å². The van der Waals surface area contributed by atoms with Crippen LogP contribution in [0.5, 0.6) is 0 Å². The lowest BCUT2D eigenvalue weighted by atomic mass is 9.44. The minimum absolute atomic E-state index is 0.0299. The highest BCUT2D eigenvalue weighted by Crippen LogP contribution is 2.71. The van der Waals surface area contributed by atoms with Crippen molar-refractivity contribution in [3.05, 3.63) is 0 Å². The Hall–Kier alpha value is -0.920. The van der Waals surface area contributed by atoms with Crippen LogP contribution in [0.15, 0.2) is 0 Å². The normalized spacial score (nSPS) is 56.0. The monoisotopic (exact) mass is 1070 g/mol. The third-order valence-electron chi connectivity index (χ3n) is 20.1. The van der Waals surface area contributed by atoms with Gasteiger partial charge in [-0.1, -0.05) is 27.7 Å². The van der Waals surface area contributed by atoms with Crippen molar-refractivity contribution in [3.63, 3.8) is 0 Å². The van der Waals surface area contributed by atoms with Gasteiger partial charge >= 0.3 is 0 Å². The molecule has 5 heterocycles. The maximum Gasteiger partial charge on any atom is 0.187 e. The highest BCUT2D eigenvalue weighted by Gasteiger charge is 2.68. The fourth-order valence-electron chi connectivity index (χ4n) is 15.6. The molecule has 32 atom stereocenters. The molecule has 0 aromatic rings. The van der Waals surface area contributed by atoms with E-state index in [9.17, 15) is 71.5 Å². The summed E-state index contributed by atoms with van der Waals surface area (Å²) < 4.78 is 54.9. The van der Waals surface area contributed by atoms with Gasteiger partial charge in [-0.3, -0.25) is 0 Å². The summed E-state index contributed by atoms with van der Waals surface area (Å²) in [5, 5.41) is 149. The summed E-state index contributed by atoms with van der Waals surface area (Å²) in [7, 11) is 0. The average Bonchev–Trinajstić information content (AvgIpc) is 3.82. The Balaban J connectivity index is 0.848. The summed E-state index contributed by atoms with van der Waals surface area (Å²) in [6, 6.07) is 0. The molecule has 23 heteroatoms. The number of aliphatic hydroxyl groups is 14. The summed E-state index contributed by atoms with van der Waals surface area (Å²) in [6.45, 7) is 8.47. The number of hydrogen-bond acceptors (Lipinski definition) is 23. The molecule has 4 aliphatic carbocycles. The van der Waals surface area contributed by atoms with Crippen LogP contribution in [0.2, 0.25) is 0 Å². The van der Waals surface area contributed by atoms with Crippen LogP contribution in [0.1, 0.15) is 98.8 Å². The largest absolute Gasteiger partial charge is 0.394 e. The summed E-state index contributed by atoms with van der Waals surface area (Å²) in [6.07, 6.45) is -23.1. The van der Waals surface area contributed by atoms with Crippen molar-refractivity contribution in [2.45, 2.75) is 240 Å². The molecule has 0 aromatic carbocycles. The van der Waals surface area contributed by atoms with Gasteiger partial charge < -0.3 is 114 Å². The Morgan fingerprint density at radius 2 is 1.11 bits per heavy atom. The zero-order valence-electron chi connectivity index (χ0n) is 43.1. The lowest BCUT2D eigenvalue weighted by Gasteiger charge is -2.61. The van der Waals surface area contributed by atoms with Crippen molar-refractivity contribution in [1.82, 2.24) is 0 Å². The first kappa shape index (κ1) is 57.8. The molecule has 9 aliphatic rings. The molecule has 0 aromatic heterocycles. The third-order valence-corrected chi connectivity index (χ3v) is 20.1. The number of ether oxygens (including phenoxy) is 9. The molecule has 32 unspecified atom stereocenters. The van der Waals surface area contributed by atoms with Crippen molar-refractivity contribution in [1.29, 1.82) is 0 Å². The van der Waals surface area contributed by atoms with Gasteiger partial charge in [-0.15, -0.1) is 0 Å². The summed E-state index contributed by atoms with van der Waals surface area (Å²) in [4.78, 5) is 0. The molecule has 9 fully saturated rings. The first-order valence-corrected chi connectivity index (χ1v) is 27.2. The average molecular weight is 1070 g/mol. The van der Waals surface area contributed by atoms with Crippen LogP contribution in [0.3, 0.4) is 0 Å². The predicted octanol–water partition coefficient (Wildman–Crippen LogP) is -2.93. The maximum absolute atomic E-state index is 12.1. The van der Waals surface area contributed by atoms with E-state index in [-0.39, 0.29) is 47.2 Å². The summed E-state index contributed by atoms with van der Waals surface area (Å²) >= 11 is 0. The standard InChI is InChI=1S/C51H86O23/c1-20(19-66-45-40(62)38(60)34(56)29(16-52)69-45)8-13-51(65)21(2)32-28(74-51)15-27-25-7-6-23-14-24(9-11-49(23,4)26(25)10-12-50(27,32)5)68-48-44(73-46-41(63)37(59)33(55)22(3)67-46)43(36(58)31(18-54)71-48)72-47-42(64)39(61)35(57)30(17-53)70-47/h20-48,52-65H,6-19H2,1-5H3. The predicted molar refractivity (Wildman–Crippen MR) is 250 cm³/mol. The molecule has 5 aliphatic heterocycles. The van der Waals surface area contributed by atoms with Crippen molar-refractivity contribution in [3.8, 4) is 0 Å². The van der Waals surface area contributed by atoms with E-state index in [4.69, 9.17) is 42.6 Å². The second-order valence-electron chi connectivity index (χ2n) is 24.3. The Morgan fingerprint density at radius 3 is 1.76 bits per heavy atom. The SMILES string of the molecule is CC(CCC1(O)OC2CC3C4CCC5CC(OC6OC(CO)C(O)C(OC7OC(CO)C(O)C(O)C7O)C6OC6OC(C)C(O)C(O)C6O)CCC5(C)C4CCC3(C)C2C1C)COC1OC(CO)C(O)C(O)C1O. The minimum Gasteiger partial charge on any atom is -0.394 e. The van der Waals surface area contributed by atoms with Crippen LogP contribution < -0.4 is 0 Å². The summed E-state index contributed by atoms with van der Waals surface area (Å²) in [5.41, 5.74) is -0.0775. The molecular weight excluding hydrogens is 981 g/mol. The van der Waals surface area contributed by atoms with E-state index >= 15 is 0 Å². The second-order valence-corrected chi connectivity index (χ2v) is 24.3. The van der Waals surface area contributed by atoms with Crippen LogP contribution >= 0.6 is 0 Å². The highest BCUT2D eigenvalue weighted by atomic mass is 16.8. The first-order valence-electron chi connectivity index (χ1n) is 27.2. The van der Waals surface area contributed by atoms with Gasteiger partial charge in [0.05, 0.1) is 44.7 Å². The molecule has 5 saturated heterocycles. The van der Waals surface area contributed by atoms with E-state index in [2.05, 4.69) is 20.8 Å². The van der Waals surface area contributed by atoms with Gasteiger partial charge in [0.25, 0.3) is 0 Å². The molecule has 0 bridgehead atoms. The molecule has 4 saturated carbocycles. The topological polar surface area (TPSA) is 366 Å². The minimum atomic E-state index is -1.87. The molecule has 9 rings (SSSR count). The molecule has 0 radical (unpaired) electrons. The van der Waals surface area contributed by atoms with Crippen molar-refractivity contribution < 1.29 is 114 Å². The smallest absolute Gasteiger partial charge is 0.187 e. The van der Waals surface area contributed by atoms with E-state index in [0.29, 0.717) is 43.4 Å². The quantitative estimate of drug-likeness (QED) is 0.0730. The van der Waals surface area contributed by atoms with Crippen LogP contribution in [-0.2, 0) is 42.6 Å². The van der Waals surface area contributed by atoms with Gasteiger partial charge in [0.2, 0.25) is 0 Å². The Bertz CT molecular complexity index is 1850. The number of aliphatic hydroxyl groups excluding tert-OH is 13. The van der Waals surface area contributed by atoms with E-state index in [1.807, 2.05) is 6.92 Å². The lowest BCUT2D eigenvalue weighted by molar-refractivity contribution is -0.395. The van der Waals surface area contributed by atoms with Crippen molar-refractivity contribution in [2.24, 2.45) is 52.3 Å². The van der Waals surface area contributed by atoms with Crippen molar-refractivity contribution in [2.75, 3.05) is 26.4 Å². The molecule has 0 spiro atoms. The van der Waals surface area contributed by atoms with Crippen LogP contribution in [0.25, 0.3) is 0 Å². The Labute approximate surface area is 431 Å².